The molecule has 0 radical (unpaired) electrons. The van der Waals surface area contributed by atoms with Gasteiger partial charge in [0, 0.05) is 17.3 Å². The minimum atomic E-state index is -3.80. The molecular weight excluding hydrogens is 286 g/mol. The maximum Gasteiger partial charge on any atom is 0.256 e. The first-order valence-corrected chi connectivity index (χ1v) is 7.99. The van der Waals surface area contributed by atoms with Crippen LogP contribution < -0.4 is 5.84 Å². The van der Waals surface area contributed by atoms with Gasteiger partial charge in [-0.2, -0.15) is 0 Å². The summed E-state index contributed by atoms with van der Waals surface area (Å²) in [5, 5.41) is 0. The smallest absolute Gasteiger partial charge is 0.256 e. The first-order chi connectivity index (χ1) is 9.74. The zero-order chi connectivity index (χ0) is 15.7. The number of hydrazine groups is 1. The number of nitrogens with zero attached hydrogens (tertiary/aromatic N) is 2. The van der Waals surface area contributed by atoms with Gasteiger partial charge in [0.2, 0.25) is 0 Å². The van der Waals surface area contributed by atoms with Crippen molar-refractivity contribution in [2.24, 2.45) is 5.84 Å². The van der Waals surface area contributed by atoms with Gasteiger partial charge in [0.1, 0.15) is 0 Å². The molecule has 0 fully saturated rings. The van der Waals surface area contributed by atoms with Gasteiger partial charge in [-0.25, -0.2) is 8.42 Å². The van der Waals surface area contributed by atoms with Crippen molar-refractivity contribution in [3.8, 4) is 11.3 Å². The standard InChI is InChI=1S/C15H19N3O2S/c1-15(2,3)18(16)21(19,20)14-10-5-4-8-12(14)13-9-6-7-11-17-13/h4-11H,16H2,1-3H3. The Labute approximate surface area is 125 Å². The van der Waals surface area contributed by atoms with E-state index in [1.54, 1.807) is 63.4 Å². The molecule has 112 valence electrons. The van der Waals surface area contributed by atoms with Crippen LogP contribution in [0.1, 0.15) is 20.8 Å². The second kappa shape index (κ2) is 5.55. The molecule has 2 N–H and O–H groups in total. The Morgan fingerprint density at radius 2 is 1.67 bits per heavy atom. The maximum absolute atomic E-state index is 12.7. The van der Waals surface area contributed by atoms with Crippen molar-refractivity contribution in [1.29, 1.82) is 0 Å². The monoisotopic (exact) mass is 305 g/mol. The number of aromatic nitrogens is 1. The highest BCUT2D eigenvalue weighted by atomic mass is 32.2. The highest BCUT2D eigenvalue weighted by Gasteiger charge is 2.33. The Bertz CT molecular complexity index is 722. The van der Waals surface area contributed by atoms with Crippen molar-refractivity contribution < 1.29 is 8.42 Å². The van der Waals surface area contributed by atoms with Crippen LogP contribution in [0.4, 0.5) is 0 Å². The van der Waals surface area contributed by atoms with Crippen LogP contribution in [0.3, 0.4) is 0 Å². The van der Waals surface area contributed by atoms with Gasteiger partial charge in [0.05, 0.1) is 10.6 Å². The first kappa shape index (κ1) is 15.6. The molecular formula is C15H19N3O2S. The highest BCUT2D eigenvalue weighted by molar-refractivity contribution is 7.89. The van der Waals surface area contributed by atoms with E-state index in [9.17, 15) is 8.42 Å². The molecule has 0 atom stereocenters. The number of hydrogen-bond acceptors (Lipinski definition) is 4. The molecule has 0 aliphatic carbocycles. The fourth-order valence-electron chi connectivity index (χ4n) is 1.89. The zero-order valence-corrected chi connectivity index (χ0v) is 13.1. The minimum absolute atomic E-state index is 0.154. The molecule has 0 saturated heterocycles. The van der Waals surface area contributed by atoms with Gasteiger partial charge >= 0.3 is 0 Å². The number of rotatable bonds is 3. The molecule has 0 bridgehead atoms. The second-order valence-corrected chi connectivity index (χ2v) is 7.47. The summed E-state index contributed by atoms with van der Waals surface area (Å²) < 4.78 is 26.4. The zero-order valence-electron chi connectivity index (χ0n) is 12.3. The lowest BCUT2D eigenvalue weighted by atomic mass is 10.1. The quantitative estimate of drug-likeness (QED) is 0.698. The summed E-state index contributed by atoms with van der Waals surface area (Å²) in [7, 11) is -3.80. The van der Waals surface area contributed by atoms with Crippen LogP contribution in [0.5, 0.6) is 0 Å². The highest BCUT2D eigenvalue weighted by Crippen LogP contribution is 2.29. The van der Waals surface area contributed by atoms with Gasteiger partial charge in [-0.3, -0.25) is 10.8 Å². The van der Waals surface area contributed by atoms with E-state index in [2.05, 4.69) is 4.98 Å². The van der Waals surface area contributed by atoms with E-state index in [0.29, 0.717) is 11.3 Å². The van der Waals surface area contributed by atoms with Gasteiger partial charge in [0.15, 0.2) is 0 Å². The van der Waals surface area contributed by atoms with E-state index in [1.165, 1.54) is 0 Å². The number of nitrogens with two attached hydrogens (primary N) is 1. The van der Waals surface area contributed by atoms with Crippen molar-refractivity contribution in [1.82, 2.24) is 9.40 Å². The summed E-state index contributed by atoms with van der Waals surface area (Å²) in [6.07, 6.45) is 1.63. The van der Waals surface area contributed by atoms with Gasteiger partial charge in [-0.15, -0.1) is 4.41 Å². The molecule has 0 spiro atoms. The number of benzene rings is 1. The molecule has 1 heterocycles. The third kappa shape index (κ3) is 3.12. The Morgan fingerprint density at radius 1 is 1.05 bits per heavy atom. The topological polar surface area (TPSA) is 76.3 Å². The molecule has 5 nitrogen and oxygen atoms in total. The molecule has 0 amide bonds. The normalized spacial score (nSPS) is 12.6. The van der Waals surface area contributed by atoms with Crippen LogP contribution in [-0.4, -0.2) is 23.4 Å². The van der Waals surface area contributed by atoms with Crippen molar-refractivity contribution >= 4 is 10.0 Å². The van der Waals surface area contributed by atoms with Crippen LogP contribution in [0.25, 0.3) is 11.3 Å². The Hall–Kier alpha value is -1.76. The van der Waals surface area contributed by atoms with Gasteiger partial charge < -0.3 is 0 Å². The third-order valence-corrected chi connectivity index (χ3v) is 5.00. The fraction of sp³-hybridized carbons (Fsp3) is 0.267. The molecule has 0 aliphatic rings. The summed E-state index contributed by atoms with van der Waals surface area (Å²) in [4.78, 5) is 4.37. The maximum atomic E-state index is 12.7. The molecule has 1 aromatic carbocycles. The molecule has 0 aliphatic heterocycles. The van der Waals surface area contributed by atoms with E-state index in [1.807, 2.05) is 6.07 Å². The largest absolute Gasteiger partial charge is 0.256 e. The van der Waals surface area contributed by atoms with Gasteiger partial charge in [-0.05, 0) is 39.0 Å². The van der Waals surface area contributed by atoms with E-state index in [0.717, 1.165) is 4.41 Å². The van der Waals surface area contributed by atoms with Gasteiger partial charge in [-0.1, -0.05) is 24.3 Å². The first-order valence-electron chi connectivity index (χ1n) is 6.55. The fourth-order valence-corrected chi connectivity index (χ4v) is 3.53. The average Bonchev–Trinajstić information content (AvgIpc) is 2.46. The predicted molar refractivity (Wildman–Crippen MR) is 82.6 cm³/mol. The van der Waals surface area contributed by atoms with E-state index >= 15 is 0 Å². The SMILES string of the molecule is CC(C)(C)N(N)S(=O)(=O)c1ccccc1-c1ccccn1. The minimum Gasteiger partial charge on any atom is -0.256 e. The van der Waals surface area contributed by atoms with Crippen LogP contribution in [-0.2, 0) is 10.0 Å². The summed E-state index contributed by atoms with van der Waals surface area (Å²) in [5.74, 6) is 5.83. The number of hydrogen-bond donors (Lipinski definition) is 1. The molecule has 0 unspecified atom stereocenters. The Kier molecular flexibility index (Phi) is 4.13. The van der Waals surface area contributed by atoms with Crippen molar-refractivity contribution in [3.63, 3.8) is 0 Å². The van der Waals surface area contributed by atoms with E-state index < -0.39 is 15.6 Å². The van der Waals surface area contributed by atoms with Crippen molar-refractivity contribution in [2.45, 2.75) is 31.2 Å². The van der Waals surface area contributed by atoms with Crippen LogP contribution >= 0.6 is 0 Å². The van der Waals surface area contributed by atoms with Crippen molar-refractivity contribution in [3.05, 3.63) is 48.7 Å². The Balaban J connectivity index is 2.61. The Morgan fingerprint density at radius 3 is 2.24 bits per heavy atom. The molecule has 0 saturated carbocycles. The number of pyridine rings is 1. The molecule has 2 aromatic rings. The molecule has 6 heteroatoms. The lowest BCUT2D eigenvalue weighted by molar-refractivity contribution is 0.255. The lowest BCUT2D eigenvalue weighted by Crippen LogP contribution is -2.50. The summed E-state index contributed by atoms with van der Waals surface area (Å²) >= 11 is 0. The van der Waals surface area contributed by atoms with Crippen LogP contribution in [0.2, 0.25) is 0 Å². The van der Waals surface area contributed by atoms with Gasteiger partial charge in [0.25, 0.3) is 10.0 Å². The second-order valence-electron chi connectivity index (χ2n) is 5.68. The summed E-state index contributed by atoms with van der Waals surface area (Å²) in [6, 6.07) is 12.1. The summed E-state index contributed by atoms with van der Waals surface area (Å²) in [6.45, 7) is 5.23. The third-order valence-electron chi connectivity index (χ3n) is 3.03. The van der Waals surface area contributed by atoms with Crippen LogP contribution in [0.15, 0.2) is 53.6 Å². The summed E-state index contributed by atoms with van der Waals surface area (Å²) in [5.41, 5.74) is 0.424. The predicted octanol–water partition coefficient (Wildman–Crippen LogP) is 2.41. The van der Waals surface area contributed by atoms with E-state index in [-0.39, 0.29) is 4.90 Å². The molecule has 2 rings (SSSR count). The average molecular weight is 305 g/mol. The molecule has 21 heavy (non-hydrogen) atoms. The number of sulfonamides is 1. The van der Waals surface area contributed by atoms with Crippen LogP contribution in [0, 0.1) is 0 Å². The van der Waals surface area contributed by atoms with E-state index in [4.69, 9.17) is 5.84 Å². The van der Waals surface area contributed by atoms with Crippen molar-refractivity contribution in [2.75, 3.05) is 0 Å². The molecule has 1 aromatic heterocycles. The lowest BCUT2D eigenvalue weighted by Gasteiger charge is -2.30.